The van der Waals surface area contributed by atoms with E-state index in [0.29, 0.717) is 24.2 Å². The molecule has 0 radical (unpaired) electrons. The van der Waals surface area contributed by atoms with Gasteiger partial charge in [-0.1, -0.05) is 35.4 Å². The van der Waals surface area contributed by atoms with Gasteiger partial charge in [0.25, 0.3) is 0 Å². The second-order valence-corrected chi connectivity index (χ2v) is 4.39. The second kappa shape index (κ2) is 5.94. The molecule has 0 bridgehead atoms. The van der Waals surface area contributed by atoms with E-state index in [1.165, 1.54) is 5.56 Å². The van der Waals surface area contributed by atoms with Crippen molar-refractivity contribution in [1.29, 1.82) is 0 Å². The van der Waals surface area contributed by atoms with Gasteiger partial charge in [0.1, 0.15) is 11.8 Å². The fourth-order valence-corrected chi connectivity index (χ4v) is 1.88. The topological polar surface area (TPSA) is 35.0 Å². The summed E-state index contributed by atoms with van der Waals surface area (Å²) in [6.07, 6.45) is 0. The fraction of sp³-hybridized carbons (Fsp3) is 0.286. The van der Waals surface area contributed by atoms with Crippen molar-refractivity contribution in [3.05, 3.63) is 46.9 Å². The van der Waals surface area contributed by atoms with E-state index in [1.807, 2.05) is 32.0 Å². The van der Waals surface area contributed by atoms with Crippen LogP contribution in [0, 0.1) is 6.92 Å². The molecular weight excluding hydrogens is 248 g/mol. The Hall–Kier alpha value is -1.45. The molecule has 3 nitrogen and oxygen atoms in total. The minimum absolute atomic E-state index is 0.385. The molecule has 1 aromatic carbocycles. The largest absolute Gasteiger partial charge is 0.374 e. The van der Waals surface area contributed by atoms with Gasteiger partial charge in [-0.25, -0.2) is 9.97 Å². The van der Waals surface area contributed by atoms with Crippen molar-refractivity contribution in [3.63, 3.8) is 0 Å². The first-order chi connectivity index (χ1) is 8.69. The maximum Gasteiger partial charge on any atom is 0.156 e. The number of rotatable bonds is 4. The summed E-state index contributed by atoms with van der Waals surface area (Å²) in [6.45, 7) is 5.00. The Kier molecular flexibility index (Phi) is 4.28. The summed E-state index contributed by atoms with van der Waals surface area (Å²) in [5.74, 6) is 0.612. The van der Waals surface area contributed by atoms with E-state index >= 15 is 0 Å². The first-order valence-electron chi connectivity index (χ1n) is 5.87. The molecule has 0 amide bonds. The number of halogens is 1. The number of nitrogens with zero attached hydrogens (tertiary/aromatic N) is 2. The Bertz CT molecular complexity index is 543. The van der Waals surface area contributed by atoms with Crippen molar-refractivity contribution in [2.75, 3.05) is 6.61 Å². The summed E-state index contributed by atoms with van der Waals surface area (Å²) in [5, 5.41) is 0.441. The predicted molar refractivity (Wildman–Crippen MR) is 72.5 cm³/mol. The first kappa shape index (κ1) is 13.0. The quantitative estimate of drug-likeness (QED) is 0.789. The molecule has 0 unspecified atom stereocenters. The molecule has 0 aliphatic rings. The molecular formula is C14H15ClN2O. The highest BCUT2D eigenvalue weighted by molar-refractivity contribution is 6.29. The SMILES string of the molecule is CCOCc1nc(Cl)cc(-c2cccc(C)c2)n1. The van der Waals surface area contributed by atoms with Crippen LogP contribution >= 0.6 is 11.6 Å². The van der Waals surface area contributed by atoms with Crippen molar-refractivity contribution in [2.45, 2.75) is 20.5 Å². The van der Waals surface area contributed by atoms with Crippen LogP contribution in [0.5, 0.6) is 0 Å². The lowest BCUT2D eigenvalue weighted by Gasteiger charge is -2.06. The average Bonchev–Trinajstić information content (AvgIpc) is 2.36. The molecule has 0 aliphatic heterocycles. The van der Waals surface area contributed by atoms with Crippen LogP contribution in [-0.2, 0) is 11.3 Å². The summed E-state index contributed by atoms with van der Waals surface area (Å²) in [7, 11) is 0. The van der Waals surface area contributed by atoms with E-state index in [9.17, 15) is 0 Å². The van der Waals surface area contributed by atoms with Crippen LogP contribution in [0.25, 0.3) is 11.3 Å². The highest BCUT2D eigenvalue weighted by atomic mass is 35.5. The number of hydrogen-bond acceptors (Lipinski definition) is 3. The van der Waals surface area contributed by atoms with Crippen LogP contribution in [0.15, 0.2) is 30.3 Å². The molecule has 2 aromatic rings. The van der Waals surface area contributed by atoms with E-state index in [-0.39, 0.29) is 0 Å². The van der Waals surface area contributed by atoms with Crippen LogP contribution in [-0.4, -0.2) is 16.6 Å². The number of benzene rings is 1. The van der Waals surface area contributed by atoms with Crippen LogP contribution in [0.1, 0.15) is 18.3 Å². The van der Waals surface area contributed by atoms with Gasteiger partial charge >= 0.3 is 0 Å². The fourth-order valence-electron chi connectivity index (χ4n) is 1.67. The summed E-state index contributed by atoms with van der Waals surface area (Å²) in [6, 6.07) is 9.90. The molecule has 0 aliphatic carbocycles. The molecule has 0 saturated carbocycles. The van der Waals surface area contributed by atoms with Gasteiger partial charge in [-0.3, -0.25) is 0 Å². The van der Waals surface area contributed by atoms with E-state index in [2.05, 4.69) is 16.0 Å². The second-order valence-electron chi connectivity index (χ2n) is 4.00. The van der Waals surface area contributed by atoms with Crippen LogP contribution in [0.4, 0.5) is 0 Å². The molecule has 0 fully saturated rings. The van der Waals surface area contributed by atoms with Crippen molar-refractivity contribution in [3.8, 4) is 11.3 Å². The van der Waals surface area contributed by atoms with Gasteiger partial charge < -0.3 is 4.74 Å². The molecule has 1 heterocycles. The number of hydrogen-bond donors (Lipinski definition) is 0. The van der Waals surface area contributed by atoms with Crippen molar-refractivity contribution in [2.24, 2.45) is 0 Å². The molecule has 94 valence electrons. The standard InChI is InChI=1S/C14H15ClN2O/c1-3-18-9-14-16-12(8-13(15)17-14)11-6-4-5-10(2)7-11/h4-8H,3,9H2,1-2H3. The van der Waals surface area contributed by atoms with Gasteiger partial charge in [-0.05, 0) is 19.9 Å². The molecule has 0 saturated heterocycles. The zero-order valence-corrected chi connectivity index (χ0v) is 11.2. The minimum Gasteiger partial charge on any atom is -0.374 e. The van der Waals surface area contributed by atoms with Gasteiger partial charge in [-0.15, -0.1) is 0 Å². The maximum atomic E-state index is 6.01. The maximum absolute atomic E-state index is 6.01. The summed E-state index contributed by atoms with van der Waals surface area (Å²) >= 11 is 6.01. The van der Waals surface area contributed by atoms with Gasteiger partial charge in [-0.2, -0.15) is 0 Å². The van der Waals surface area contributed by atoms with Crippen LogP contribution < -0.4 is 0 Å². The lowest BCUT2D eigenvalue weighted by Crippen LogP contribution is -2.00. The number of aromatic nitrogens is 2. The Morgan fingerprint density at radius 3 is 2.78 bits per heavy atom. The smallest absolute Gasteiger partial charge is 0.156 e. The van der Waals surface area contributed by atoms with Crippen LogP contribution in [0.3, 0.4) is 0 Å². The molecule has 1 aromatic heterocycles. The van der Waals surface area contributed by atoms with Crippen LogP contribution in [0.2, 0.25) is 5.15 Å². The summed E-state index contributed by atoms with van der Waals surface area (Å²) in [4.78, 5) is 8.61. The molecule has 2 rings (SSSR count). The van der Waals surface area contributed by atoms with E-state index in [0.717, 1.165) is 11.3 Å². The Morgan fingerprint density at radius 1 is 1.22 bits per heavy atom. The Labute approximate surface area is 112 Å². The average molecular weight is 263 g/mol. The first-order valence-corrected chi connectivity index (χ1v) is 6.25. The van der Waals surface area contributed by atoms with Gasteiger partial charge in [0, 0.05) is 18.2 Å². The molecule has 4 heteroatoms. The molecule has 0 spiro atoms. The lowest BCUT2D eigenvalue weighted by atomic mass is 10.1. The third-order valence-corrected chi connectivity index (χ3v) is 2.68. The lowest BCUT2D eigenvalue weighted by molar-refractivity contribution is 0.128. The third kappa shape index (κ3) is 3.28. The van der Waals surface area contributed by atoms with Gasteiger partial charge in [0.05, 0.1) is 5.69 Å². The normalized spacial score (nSPS) is 10.6. The summed E-state index contributed by atoms with van der Waals surface area (Å²) < 4.78 is 5.31. The van der Waals surface area contributed by atoms with Crippen molar-refractivity contribution < 1.29 is 4.74 Å². The molecule has 0 atom stereocenters. The number of aryl methyl sites for hydroxylation is 1. The predicted octanol–water partition coefficient (Wildman–Crippen LogP) is 3.64. The Morgan fingerprint density at radius 2 is 2.06 bits per heavy atom. The zero-order chi connectivity index (χ0) is 13.0. The monoisotopic (exact) mass is 262 g/mol. The number of ether oxygens (including phenoxy) is 1. The Balaban J connectivity index is 2.35. The van der Waals surface area contributed by atoms with E-state index < -0.39 is 0 Å². The van der Waals surface area contributed by atoms with Crippen molar-refractivity contribution >= 4 is 11.6 Å². The molecule has 18 heavy (non-hydrogen) atoms. The van der Waals surface area contributed by atoms with E-state index in [4.69, 9.17) is 16.3 Å². The zero-order valence-electron chi connectivity index (χ0n) is 10.5. The minimum atomic E-state index is 0.385. The van der Waals surface area contributed by atoms with Gasteiger partial charge in [0.15, 0.2) is 5.82 Å². The third-order valence-electron chi connectivity index (χ3n) is 2.49. The highest BCUT2D eigenvalue weighted by Crippen LogP contribution is 2.21. The van der Waals surface area contributed by atoms with Crippen molar-refractivity contribution in [1.82, 2.24) is 9.97 Å². The highest BCUT2D eigenvalue weighted by Gasteiger charge is 2.05. The summed E-state index contributed by atoms with van der Waals surface area (Å²) in [5.41, 5.74) is 3.05. The van der Waals surface area contributed by atoms with Gasteiger partial charge in [0.2, 0.25) is 0 Å². The molecule has 0 N–H and O–H groups in total. The van der Waals surface area contributed by atoms with E-state index in [1.54, 1.807) is 6.07 Å².